The maximum absolute atomic E-state index is 12.4. The Labute approximate surface area is 155 Å². The van der Waals surface area contributed by atoms with E-state index in [0.717, 1.165) is 22.6 Å². The molecule has 0 radical (unpaired) electrons. The third-order valence-electron chi connectivity index (χ3n) is 3.71. The van der Waals surface area contributed by atoms with Gasteiger partial charge in [-0.3, -0.25) is 9.59 Å². The minimum absolute atomic E-state index is 0.0489. The fourth-order valence-corrected chi connectivity index (χ4v) is 2.75. The van der Waals surface area contributed by atoms with Gasteiger partial charge in [0.15, 0.2) is 0 Å². The minimum atomic E-state index is -0.243. The van der Waals surface area contributed by atoms with Gasteiger partial charge in [0.05, 0.1) is 6.10 Å². The Morgan fingerprint density at radius 2 is 1.62 bits per heavy atom. The quantitative estimate of drug-likeness (QED) is 0.850. The lowest BCUT2D eigenvalue weighted by atomic mass is 10.1. The maximum Gasteiger partial charge on any atom is 0.244 e. The number of amides is 2. The van der Waals surface area contributed by atoms with Crippen molar-refractivity contribution in [2.45, 2.75) is 40.7 Å². The summed E-state index contributed by atoms with van der Waals surface area (Å²) >= 11 is 0. The van der Waals surface area contributed by atoms with Crippen molar-refractivity contribution in [2.75, 3.05) is 16.8 Å². The zero-order valence-corrected chi connectivity index (χ0v) is 16.0. The van der Waals surface area contributed by atoms with Crippen LogP contribution in [0.2, 0.25) is 0 Å². The molecule has 2 amide bonds. The summed E-state index contributed by atoms with van der Waals surface area (Å²) in [5.41, 5.74) is 3.54. The number of benzene rings is 2. The average Bonchev–Trinajstić information content (AvgIpc) is 2.51. The number of anilines is 2. The largest absolute Gasteiger partial charge is 0.491 e. The smallest absolute Gasteiger partial charge is 0.244 e. The van der Waals surface area contributed by atoms with Gasteiger partial charge >= 0.3 is 0 Å². The van der Waals surface area contributed by atoms with Crippen LogP contribution in [-0.4, -0.2) is 24.5 Å². The van der Waals surface area contributed by atoms with Gasteiger partial charge in [-0.1, -0.05) is 6.07 Å². The van der Waals surface area contributed by atoms with E-state index >= 15 is 0 Å². The highest BCUT2D eigenvalue weighted by atomic mass is 16.5. The summed E-state index contributed by atoms with van der Waals surface area (Å²) in [6, 6.07) is 13.0. The molecule has 0 saturated heterocycles. The van der Waals surface area contributed by atoms with E-state index in [4.69, 9.17) is 4.74 Å². The second-order valence-corrected chi connectivity index (χ2v) is 6.69. The van der Waals surface area contributed by atoms with Gasteiger partial charge in [-0.15, -0.1) is 0 Å². The molecule has 1 N–H and O–H groups in total. The molecule has 138 valence electrons. The molecular weight excluding hydrogens is 328 g/mol. The first-order chi connectivity index (χ1) is 12.2. The molecule has 0 aliphatic heterocycles. The molecule has 2 rings (SSSR count). The summed E-state index contributed by atoms with van der Waals surface area (Å²) < 4.78 is 5.61. The van der Waals surface area contributed by atoms with Crippen molar-refractivity contribution in [1.29, 1.82) is 0 Å². The number of carbonyl (C=O) groups is 2. The Hall–Kier alpha value is -2.82. The van der Waals surface area contributed by atoms with Gasteiger partial charge in [0.1, 0.15) is 12.3 Å². The number of hydrogen-bond acceptors (Lipinski definition) is 3. The second kappa shape index (κ2) is 8.52. The first-order valence-electron chi connectivity index (χ1n) is 8.67. The van der Waals surface area contributed by atoms with Crippen molar-refractivity contribution in [1.82, 2.24) is 0 Å². The molecule has 0 aliphatic rings. The van der Waals surface area contributed by atoms with Crippen LogP contribution in [0, 0.1) is 13.8 Å². The van der Waals surface area contributed by atoms with Gasteiger partial charge < -0.3 is 15.0 Å². The summed E-state index contributed by atoms with van der Waals surface area (Å²) in [6.07, 6.45) is 0.0772. The molecule has 0 unspecified atom stereocenters. The van der Waals surface area contributed by atoms with E-state index < -0.39 is 0 Å². The third-order valence-corrected chi connectivity index (χ3v) is 3.71. The molecule has 0 aromatic heterocycles. The molecule has 0 aliphatic carbocycles. The van der Waals surface area contributed by atoms with Crippen LogP contribution in [0.1, 0.15) is 31.9 Å². The van der Waals surface area contributed by atoms with Crippen molar-refractivity contribution in [3.8, 4) is 5.75 Å². The maximum atomic E-state index is 12.4. The number of ether oxygens (including phenoxy) is 1. The summed E-state index contributed by atoms with van der Waals surface area (Å²) in [4.78, 5) is 25.9. The Balaban J connectivity index is 2.09. The molecule has 0 saturated carbocycles. The molecule has 0 atom stereocenters. The standard InChI is InChI=1S/C21H26N2O3/c1-14(2)26-20-8-6-19(7-9-20)23(17(5)24)13-21(25)22-18-11-15(3)10-16(4)12-18/h6-12,14H,13H2,1-5H3,(H,22,25). The predicted molar refractivity (Wildman–Crippen MR) is 105 cm³/mol. The summed E-state index contributed by atoms with van der Waals surface area (Å²) in [7, 11) is 0. The topological polar surface area (TPSA) is 58.6 Å². The highest BCUT2D eigenvalue weighted by Crippen LogP contribution is 2.21. The van der Waals surface area contributed by atoms with Crippen molar-refractivity contribution < 1.29 is 14.3 Å². The van der Waals surface area contributed by atoms with Gasteiger partial charge in [-0.2, -0.15) is 0 Å². The van der Waals surface area contributed by atoms with Crippen LogP contribution in [0.25, 0.3) is 0 Å². The number of carbonyl (C=O) groups excluding carboxylic acids is 2. The monoisotopic (exact) mass is 354 g/mol. The molecule has 0 spiro atoms. The molecule has 0 bridgehead atoms. The highest BCUT2D eigenvalue weighted by Gasteiger charge is 2.16. The van der Waals surface area contributed by atoms with E-state index in [9.17, 15) is 9.59 Å². The minimum Gasteiger partial charge on any atom is -0.491 e. The third kappa shape index (κ3) is 5.62. The Kier molecular flexibility index (Phi) is 6.39. The number of nitrogens with zero attached hydrogens (tertiary/aromatic N) is 1. The van der Waals surface area contributed by atoms with Crippen LogP contribution < -0.4 is 15.0 Å². The van der Waals surface area contributed by atoms with Crippen LogP contribution in [0.15, 0.2) is 42.5 Å². The molecule has 0 heterocycles. The van der Waals surface area contributed by atoms with Crippen LogP contribution >= 0.6 is 0 Å². The lowest BCUT2D eigenvalue weighted by Gasteiger charge is -2.21. The normalized spacial score (nSPS) is 10.5. The van der Waals surface area contributed by atoms with Gasteiger partial charge in [0.2, 0.25) is 11.8 Å². The molecule has 2 aromatic rings. The van der Waals surface area contributed by atoms with Gasteiger partial charge in [-0.25, -0.2) is 0 Å². The molecular formula is C21H26N2O3. The second-order valence-electron chi connectivity index (χ2n) is 6.69. The molecule has 2 aromatic carbocycles. The zero-order chi connectivity index (χ0) is 19.3. The average molecular weight is 354 g/mol. The van der Waals surface area contributed by atoms with E-state index in [0.29, 0.717) is 5.69 Å². The lowest BCUT2D eigenvalue weighted by Crippen LogP contribution is -2.36. The van der Waals surface area contributed by atoms with Gasteiger partial charge in [0, 0.05) is 18.3 Å². The van der Waals surface area contributed by atoms with Crippen molar-refractivity contribution in [3.05, 3.63) is 53.6 Å². The van der Waals surface area contributed by atoms with Crippen molar-refractivity contribution in [3.63, 3.8) is 0 Å². The Morgan fingerprint density at radius 3 is 2.12 bits per heavy atom. The van der Waals surface area contributed by atoms with E-state index in [1.165, 1.54) is 11.8 Å². The van der Waals surface area contributed by atoms with Crippen LogP contribution in [-0.2, 0) is 9.59 Å². The molecule has 5 heteroatoms. The van der Waals surface area contributed by atoms with Crippen LogP contribution in [0.3, 0.4) is 0 Å². The van der Waals surface area contributed by atoms with Gasteiger partial charge in [0.25, 0.3) is 0 Å². The van der Waals surface area contributed by atoms with E-state index in [1.54, 1.807) is 24.3 Å². The molecule has 26 heavy (non-hydrogen) atoms. The number of rotatable bonds is 6. The first-order valence-corrected chi connectivity index (χ1v) is 8.67. The molecule has 5 nitrogen and oxygen atoms in total. The van der Waals surface area contributed by atoms with Crippen molar-refractivity contribution >= 4 is 23.2 Å². The van der Waals surface area contributed by atoms with E-state index in [2.05, 4.69) is 5.32 Å². The SMILES string of the molecule is CC(=O)N(CC(=O)Nc1cc(C)cc(C)c1)c1ccc(OC(C)C)cc1. The zero-order valence-electron chi connectivity index (χ0n) is 16.0. The fraction of sp³-hybridized carbons (Fsp3) is 0.333. The van der Waals surface area contributed by atoms with Crippen LogP contribution in [0.5, 0.6) is 5.75 Å². The summed E-state index contributed by atoms with van der Waals surface area (Å²) in [5.74, 6) is 0.290. The van der Waals surface area contributed by atoms with E-state index in [-0.39, 0.29) is 24.5 Å². The van der Waals surface area contributed by atoms with Crippen molar-refractivity contribution in [2.24, 2.45) is 0 Å². The number of aryl methyl sites for hydroxylation is 2. The Bertz CT molecular complexity index is 762. The van der Waals surface area contributed by atoms with E-state index in [1.807, 2.05) is 45.9 Å². The molecule has 0 fully saturated rings. The lowest BCUT2D eigenvalue weighted by molar-refractivity contribution is -0.120. The Morgan fingerprint density at radius 1 is 1.04 bits per heavy atom. The fourth-order valence-electron chi connectivity index (χ4n) is 2.75. The van der Waals surface area contributed by atoms with Gasteiger partial charge in [-0.05, 0) is 75.2 Å². The number of hydrogen-bond donors (Lipinski definition) is 1. The summed E-state index contributed by atoms with van der Waals surface area (Å²) in [6.45, 7) is 9.26. The predicted octanol–water partition coefficient (Wildman–Crippen LogP) is 4.08. The first kappa shape index (κ1) is 19.5. The highest BCUT2D eigenvalue weighted by molar-refractivity contribution is 6.01. The number of nitrogens with one attached hydrogen (secondary N) is 1. The van der Waals surface area contributed by atoms with Crippen LogP contribution in [0.4, 0.5) is 11.4 Å². The summed E-state index contributed by atoms with van der Waals surface area (Å²) in [5, 5.41) is 2.86.